The van der Waals surface area contributed by atoms with Gasteiger partial charge in [-0.3, -0.25) is 9.89 Å². The van der Waals surface area contributed by atoms with E-state index in [4.69, 9.17) is 19.9 Å². The molecule has 1 unspecified atom stereocenters. The molecule has 0 saturated heterocycles. The highest BCUT2D eigenvalue weighted by atomic mass is 16.5. The summed E-state index contributed by atoms with van der Waals surface area (Å²) in [6, 6.07) is 13.3. The van der Waals surface area contributed by atoms with Gasteiger partial charge in [-0.15, -0.1) is 5.10 Å². The summed E-state index contributed by atoms with van der Waals surface area (Å²) in [4.78, 5) is 12.5. The quantitative estimate of drug-likeness (QED) is 0.472. The molecule has 35 heavy (non-hydrogen) atoms. The zero-order chi connectivity index (χ0) is 25.1. The minimum Gasteiger partial charge on any atom is -0.490 e. The van der Waals surface area contributed by atoms with Crippen LogP contribution < -0.4 is 25.3 Å². The number of anilines is 1. The number of carbonyl (C=O) groups excluding carboxylic acids is 1. The fourth-order valence-corrected chi connectivity index (χ4v) is 4.21. The van der Waals surface area contributed by atoms with Crippen LogP contribution in [0.2, 0.25) is 0 Å². The van der Waals surface area contributed by atoms with E-state index < -0.39 is 5.92 Å². The second-order valence-electron chi connectivity index (χ2n) is 8.34. The molecule has 0 fully saturated rings. The Morgan fingerprint density at radius 1 is 1.17 bits per heavy atom. The summed E-state index contributed by atoms with van der Waals surface area (Å²) in [7, 11) is 0. The van der Waals surface area contributed by atoms with Gasteiger partial charge in [0, 0.05) is 16.9 Å². The first-order valence-corrected chi connectivity index (χ1v) is 11.2. The number of allylic oxidation sites excluding steroid dienone is 1. The smallest absolute Gasteiger partial charge is 0.262 e. The Balaban J connectivity index is 1.58. The van der Waals surface area contributed by atoms with Gasteiger partial charge >= 0.3 is 0 Å². The van der Waals surface area contributed by atoms with E-state index in [2.05, 4.69) is 21.6 Å². The Bertz CT molecular complexity index is 1330. The third kappa shape index (κ3) is 4.92. The maximum Gasteiger partial charge on any atom is 0.262 e. The van der Waals surface area contributed by atoms with Crippen LogP contribution in [0.1, 0.15) is 40.8 Å². The second kappa shape index (κ2) is 9.81. The van der Waals surface area contributed by atoms with Gasteiger partial charge in [0.1, 0.15) is 11.6 Å². The van der Waals surface area contributed by atoms with Crippen LogP contribution in [0.5, 0.6) is 17.4 Å². The molecule has 1 aromatic heterocycles. The lowest BCUT2D eigenvalue weighted by atomic mass is 9.84. The SMILES string of the molecule is CCOc1cc(C2C(C#N)=C(N)Oc3n[nH]c(C)c32)ccc1OCC(=O)Nc1cc(C)cc(C)c1. The zero-order valence-electron chi connectivity index (χ0n) is 20.1. The van der Waals surface area contributed by atoms with Crippen molar-refractivity contribution in [3.8, 4) is 23.4 Å². The van der Waals surface area contributed by atoms with E-state index >= 15 is 0 Å². The fourth-order valence-electron chi connectivity index (χ4n) is 4.21. The number of ether oxygens (including phenoxy) is 3. The monoisotopic (exact) mass is 473 g/mol. The third-order valence-corrected chi connectivity index (χ3v) is 5.59. The Kier molecular flexibility index (Phi) is 6.64. The van der Waals surface area contributed by atoms with Gasteiger partial charge in [0.15, 0.2) is 18.1 Å². The standard InChI is InChI=1S/C26H27N5O4/c1-5-33-21-11-17(24-19(12-27)25(28)35-26-23(24)16(4)30-31-26)6-7-20(21)34-13-22(32)29-18-9-14(2)8-15(3)10-18/h6-11,24H,5,13,28H2,1-4H3,(H,29,32)(H,30,31). The number of nitriles is 1. The topological polar surface area (TPSA) is 135 Å². The van der Waals surface area contributed by atoms with Crippen LogP contribution >= 0.6 is 0 Å². The third-order valence-electron chi connectivity index (χ3n) is 5.59. The summed E-state index contributed by atoms with van der Waals surface area (Å²) in [6.45, 7) is 7.86. The second-order valence-corrected chi connectivity index (χ2v) is 8.34. The lowest BCUT2D eigenvalue weighted by Crippen LogP contribution is -2.21. The Morgan fingerprint density at radius 3 is 2.60 bits per heavy atom. The number of nitrogens with two attached hydrogens (primary N) is 1. The lowest BCUT2D eigenvalue weighted by Gasteiger charge is -2.24. The van der Waals surface area contributed by atoms with Gasteiger partial charge in [-0.25, -0.2) is 0 Å². The number of hydrogen-bond donors (Lipinski definition) is 3. The van der Waals surface area contributed by atoms with E-state index in [0.29, 0.717) is 24.0 Å². The normalized spacial score (nSPS) is 14.5. The highest BCUT2D eigenvalue weighted by Crippen LogP contribution is 2.44. The number of aryl methyl sites for hydroxylation is 3. The number of rotatable bonds is 7. The van der Waals surface area contributed by atoms with E-state index in [1.165, 1.54) is 0 Å². The van der Waals surface area contributed by atoms with Crippen molar-refractivity contribution < 1.29 is 19.0 Å². The van der Waals surface area contributed by atoms with Crippen LogP contribution in [0.15, 0.2) is 47.9 Å². The predicted molar refractivity (Wildman–Crippen MR) is 130 cm³/mol. The summed E-state index contributed by atoms with van der Waals surface area (Å²) in [5, 5.41) is 19.7. The maximum atomic E-state index is 12.5. The molecule has 0 aliphatic carbocycles. The molecule has 9 nitrogen and oxygen atoms in total. The van der Waals surface area contributed by atoms with Crippen LogP contribution in [0.25, 0.3) is 0 Å². The Labute approximate surface area is 203 Å². The van der Waals surface area contributed by atoms with Crippen molar-refractivity contribution in [1.29, 1.82) is 5.26 Å². The van der Waals surface area contributed by atoms with Gasteiger partial charge in [0.2, 0.25) is 11.8 Å². The number of carbonyl (C=O) groups is 1. The Hall–Kier alpha value is -4.45. The van der Waals surface area contributed by atoms with Gasteiger partial charge in [-0.05, 0) is 68.7 Å². The molecule has 0 radical (unpaired) electrons. The summed E-state index contributed by atoms with van der Waals surface area (Å²) in [6.07, 6.45) is 0. The van der Waals surface area contributed by atoms with Crippen molar-refractivity contribution in [3.05, 3.63) is 75.8 Å². The number of amides is 1. The van der Waals surface area contributed by atoms with Crippen molar-refractivity contribution >= 4 is 11.6 Å². The van der Waals surface area contributed by atoms with Crippen molar-refractivity contribution in [3.63, 3.8) is 0 Å². The molecule has 4 rings (SSSR count). The van der Waals surface area contributed by atoms with Crippen molar-refractivity contribution in [1.82, 2.24) is 10.2 Å². The number of H-pyrrole nitrogens is 1. The molecule has 0 spiro atoms. The molecule has 1 aliphatic rings. The van der Waals surface area contributed by atoms with E-state index in [1.54, 1.807) is 12.1 Å². The van der Waals surface area contributed by atoms with Gasteiger partial charge in [0.25, 0.3) is 5.91 Å². The molecule has 2 aromatic carbocycles. The summed E-state index contributed by atoms with van der Waals surface area (Å²) >= 11 is 0. The first kappa shape index (κ1) is 23.7. The van der Waals surface area contributed by atoms with E-state index in [1.807, 2.05) is 52.0 Å². The predicted octanol–water partition coefficient (Wildman–Crippen LogP) is 3.97. The number of fused-ring (bicyclic) bond motifs is 1. The zero-order valence-corrected chi connectivity index (χ0v) is 20.1. The molecule has 1 atom stereocenters. The summed E-state index contributed by atoms with van der Waals surface area (Å²) in [5.41, 5.74) is 11.4. The van der Waals surface area contributed by atoms with Crippen LogP contribution in [-0.4, -0.2) is 29.3 Å². The summed E-state index contributed by atoms with van der Waals surface area (Å²) < 4.78 is 17.1. The molecule has 2 heterocycles. The van der Waals surface area contributed by atoms with Crippen molar-refractivity contribution in [2.24, 2.45) is 5.73 Å². The molecule has 1 amide bonds. The number of benzene rings is 2. The molecule has 1 aliphatic heterocycles. The van der Waals surface area contributed by atoms with Gasteiger partial charge in [-0.2, -0.15) is 5.26 Å². The van der Waals surface area contributed by atoms with Crippen LogP contribution in [-0.2, 0) is 4.79 Å². The molecule has 0 bridgehead atoms. The number of aromatic amines is 1. The largest absolute Gasteiger partial charge is 0.490 e. The molecule has 3 aromatic rings. The first-order chi connectivity index (χ1) is 16.8. The number of hydrogen-bond acceptors (Lipinski definition) is 7. The van der Waals surface area contributed by atoms with Gasteiger partial charge in [0.05, 0.1) is 12.5 Å². The first-order valence-electron chi connectivity index (χ1n) is 11.2. The van der Waals surface area contributed by atoms with Crippen LogP contribution in [0, 0.1) is 32.1 Å². The number of nitrogens with one attached hydrogen (secondary N) is 2. The van der Waals surface area contributed by atoms with E-state index in [9.17, 15) is 10.1 Å². The Morgan fingerprint density at radius 2 is 1.91 bits per heavy atom. The average molecular weight is 474 g/mol. The summed E-state index contributed by atoms with van der Waals surface area (Å²) in [5.74, 6) is 0.450. The van der Waals surface area contributed by atoms with Gasteiger partial charge < -0.3 is 25.3 Å². The molecule has 0 saturated carbocycles. The molecular weight excluding hydrogens is 446 g/mol. The number of aromatic nitrogens is 2. The van der Waals surface area contributed by atoms with E-state index in [0.717, 1.165) is 33.6 Å². The lowest BCUT2D eigenvalue weighted by molar-refractivity contribution is -0.118. The van der Waals surface area contributed by atoms with Gasteiger partial charge in [-0.1, -0.05) is 12.1 Å². The molecular formula is C26H27N5O4. The minimum atomic E-state index is -0.483. The van der Waals surface area contributed by atoms with Crippen molar-refractivity contribution in [2.45, 2.75) is 33.6 Å². The maximum absolute atomic E-state index is 12.5. The highest BCUT2D eigenvalue weighted by molar-refractivity contribution is 5.92. The fraction of sp³-hybridized carbons (Fsp3) is 0.269. The highest BCUT2D eigenvalue weighted by Gasteiger charge is 2.34. The molecule has 180 valence electrons. The van der Waals surface area contributed by atoms with Crippen molar-refractivity contribution in [2.75, 3.05) is 18.5 Å². The average Bonchev–Trinajstić information content (AvgIpc) is 3.16. The minimum absolute atomic E-state index is 0.0119. The number of nitrogens with zero attached hydrogens (tertiary/aromatic N) is 2. The van der Waals surface area contributed by atoms with Crippen LogP contribution in [0.4, 0.5) is 5.69 Å². The van der Waals surface area contributed by atoms with Crippen LogP contribution in [0.3, 0.4) is 0 Å². The molecule has 4 N–H and O–H groups in total. The molecule has 9 heteroatoms. The van der Waals surface area contributed by atoms with E-state index in [-0.39, 0.29) is 24.0 Å².